The van der Waals surface area contributed by atoms with Gasteiger partial charge in [0.25, 0.3) is 0 Å². The molecule has 0 radical (unpaired) electrons. The largest absolute Gasteiger partial charge is 0.454 e. The van der Waals surface area contributed by atoms with Gasteiger partial charge in [-0.05, 0) is 48.9 Å². The van der Waals surface area contributed by atoms with Crippen LogP contribution in [0.5, 0.6) is 11.5 Å². The van der Waals surface area contributed by atoms with Gasteiger partial charge in [0.05, 0.1) is 16.7 Å². The van der Waals surface area contributed by atoms with Gasteiger partial charge in [-0.1, -0.05) is 6.07 Å². The van der Waals surface area contributed by atoms with Crippen molar-refractivity contribution in [1.29, 1.82) is 0 Å². The summed E-state index contributed by atoms with van der Waals surface area (Å²) in [6.07, 6.45) is 0. The van der Waals surface area contributed by atoms with Crippen molar-refractivity contribution in [3.05, 3.63) is 48.0 Å². The number of H-pyrrole nitrogens is 2. The van der Waals surface area contributed by atoms with Crippen molar-refractivity contribution in [1.82, 2.24) is 20.2 Å². The first-order valence-corrected chi connectivity index (χ1v) is 7.68. The zero-order valence-electron chi connectivity index (χ0n) is 13.0. The van der Waals surface area contributed by atoms with E-state index in [1.165, 1.54) is 5.56 Å². The molecule has 1 aliphatic heterocycles. The summed E-state index contributed by atoms with van der Waals surface area (Å²) < 4.78 is 10.8. The predicted molar refractivity (Wildman–Crippen MR) is 90.0 cm³/mol. The number of fused-ring (bicyclic) bond motifs is 2. The van der Waals surface area contributed by atoms with Crippen LogP contribution in [0.15, 0.2) is 42.5 Å². The lowest BCUT2D eigenvalue weighted by atomic mass is 10.1. The molecule has 6 heteroatoms. The van der Waals surface area contributed by atoms with Gasteiger partial charge in [0.2, 0.25) is 6.79 Å². The highest BCUT2D eigenvalue weighted by Crippen LogP contribution is 2.36. The molecule has 24 heavy (non-hydrogen) atoms. The Labute approximate surface area is 137 Å². The van der Waals surface area contributed by atoms with E-state index < -0.39 is 0 Å². The molecule has 0 aliphatic carbocycles. The molecule has 4 aromatic rings. The molecule has 2 aromatic heterocycles. The van der Waals surface area contributed by atoms with Crippen molar-refractivity contribution >= 4 is 11.0 Å². The first kappa shape index (κ1) is 13.2. The third-order valence-electron chi connectivity index (χ3n) is 4.14. The maximum atomic E-state index is 5.42. The molecule has 0 atom stereocenters. The van der Waals surface area contributed by atoms with E-state index in [4.69, 9.17) is 9.47 Å². The Morgan fingerprint density at radius 1 is 1.00 bits per heavy atom. The Hall–Kier alpha value is -3.28. The van der Waals surface area contributed by atoms with E-state index in [1.54, 1.807) is 0 Å². The van der Waals surface area contributed by atoms with E-state index in [0.717, 1.165) is 45.3 Å². The molecule has 5 rings (SSSR count). The van der Waals surface area contributed by atoms with Crippen LogP contribution in [0.2, 0.25) is 0 Å². The fraction of sp³-hybridized carbons (Fsp3) is 0.111. The van der Waals surface area contributed by atoms with Gasteiger partial charge >= 0.3 is 0 Å². The minimum Gasteiger partial charge on any atom is -0.454 e. The van der Waals surface area contributed by atoms with Gasteiger partial charge in [0.1, 0.15) is 5.69 Å². The van der Waals surface area contributed by atoms with E-state index >= 15 is 0 Å². The van der Waals surface area contributed by atoms with E-state index in [0.29, 0.717) is 0 Å². The van der Waals surface area contributed by atoms with Crippen LogP contribution in [0.4, 0.5) is 0 Å². The normalized spacial score (nSPS) is 12.9. The average molecular weight is 318 g/mol. The lowest BCUT2D eigenvalue weighted by Crippen LogP contribution is -1.92. The molecule has 0 saturated carbocycles. The summed E-state index contributed by atoms with van der Waals surface area (Å²) in [7, 11) is 0. The number of benzene rings is 2. The van der Waals surface area contributed by atoms with Crippen LogP contribution in [0.1, 0.15) is 5.56 Å². The third kappa shape index (κ3) is 2.04. The molecule has 118 valence electrons. The smallest absolute Gasteiger partial charge is 0.231 e. The minimum atomic E-state index is 0.267. The highest BCUT2D eigenvalue weighted by molar-refractivity contribution is 5.80. The Morgan fingerprint density at radius 3 is 2.88 bits per heavy atom. The van der Waals surface area contributed by atoms with Crippen LogP contribution in [0, 0.1) is 6.92 Å². The number of aromatic amines is 2. The monoisotopic (exact) mass is 318 g/mol. The fourth-order valence-corrected chi connectivity index (χ4v) is 2.90. The Kier molecular flexibility index (Phi) is 2.67. The second-order valence-corrected chi connectivity index (χ2v) is 5.84. The van der Waals surface area contributed by atoms with Gasteiger partial charge in [-0.25, -0.2) is 4.98 Å². The van der Waals surface area contributed by atoms with E-state index in [2.05, 4.69) is 39.2 Å². The second-order valence-electron chi connectivity index (χ2n) is 5.84. The summed E-state index contributed by atoms with van der Waals surface area (Å²) in [6.45, 7) is 2.33. The van der Waals surface area contributed by atoms with Crippen molar-refractivity contribution in [3.8, 4) is 34.3 Å². The summed E-state index contributed by atoms with van der Waals surface area (Å²) in [5, 5.41) is 7.44. The topological polar surface area (TPSA) is 75.8 Å². The zero-order valence-corrected chi connectivity index (χ0v) is 13.0. The molecule has 0 amide bonds. The van der Waals surface area contributed by atoms with Gasteiger partial charge in [0.15, 0.2) is 17.3 Å². The van der Waals surface area contributed by atoms with Crippen molar-refractivity contribution in [2.45, 2.75) is 6.92 Å². The summed E-state index contributed by atoms with van der Waals surface area (Å²) in [6, 6.07) is 13.9. The highest BCUT2D eigenvalue weighted by Gasteiger charge is 2.16. The van der Waals surface area contributed by atoms with Crippen LogP contribution < -0.4 is 9.47 Å². The average Bonchev–Trinajstić information content (AvgIpc) is 3.31. The Bertz CT molecular complexity index is 1060. The van der Waals surface area contributed by atoms with Crippen LogP contribution in [-0.2, 0) is 0 Å². The summed E-state index contributed by atoms with van der Waals surface area (Å²) in [5.74, 6) is 2.29. The van der Waals surface area contributed by atoms with E-state index in [9.17, 15) is 0 Å². The molecule has 2 aromatic carbocycles. The molecule has 6 nitrogen and oxygen atoms in total. The Balaban J connectivity index is 1.54. The number of rotatable bonds is 2. The molecular formula is C18H14N4O2. The number of ether oxygens (including phenoxy) is 2. The van der Waals surface area contributed by atoms with E-state index in [-0.39, 0.29) is 6.79 Å². The van der Waals surface area contributed by atoms with Gasteiger partial charge in [0, 0.05) is 5.56 Å². The first-order valence-electron chi connectivity index (χ1n) is 7.68. The lowest BCUT2D eigenvalue weighted by Gasteiger charge is -1.98. The SMILES string of the molecule is Cc1ccc2nc(-c3cc(-c4ccc5c(c4)OCO5)n[nH]3)[nH]c2c1. The van der Waals surface area contributed by atoms with Crippen LogP contribution in [0.3, 0.4) is 0 Å². The number of hydrogen-bond acceptors (Lipinski definition) is 4. The number of imidazole rings is 1. The number of hydrogen-bond donors (Lipinski definition) is 2. The van der Waals surface area contributed by atoms with Gasteiger partial charge in [-0.2, -0.15) is 5.10 Å². The third-order valence-corrected chi connectivity index (χ3v) is 4.14. The number of aryl methyl sites for hydroxylation is 1. The maximum Gasteiger partial charge on any atom is 0.231 e. The van der Waals surface area contributed by atoms with Gasteiger partial charge in [-0.3, -0.25) is 5.10 Å². The minimum absolute atomic E-state index is 0.267. The van der Waals surface area contributed by atoms with Crippen molar-refractivity contribution in [3.63, 3.8) is 0 Å². The molecule has 0 spiro atoms. The van der Waals surface area contributed by atoms with Crippen LogP contribution >= 0.6 is 0 Å². The van der Waals surface area contributed by atoms with Gasteiger partial charge in [-0.15, -0.1) is 0 Å². The predicted octanol–water partition coefficient (Wildman–Crippen LogP) is 3.66. The highest BCUT2D eigenvalue weighted by atomic mass is 16.7. The molecule has 0 bridgehead atoms. The number of nitrogens with zero attached hydrogens (tertiary/aromatic N) is 2. The van der Waals surface area contributed by atoms with Crippen LogP contribution in [-0.4, -0.2) is 27.0 Å². The van der Waals surface area contributed by atoms with Crippen molar-refractivity contribution < 1.29 is 9.47 Å². The summed E-state index contributed by atoms with van der Waals surface area (Å²) in [5.41, 5.74) is 5.80. The van der Waals surface area contributed by atoms with Crippen LogP contribution in [0.25, 0.3) is 33.8 Å². The molecule has 3 heterocycles. The molecule has 1 aliphatic rings. The van der Waals surface area contributed by atoms with Gasteiger partial charge < -0.3 is 14.5 Å². The first-order chi connectivity index (χ1) is 11.8. The molecule has 0 saturated heterocycles. The fourth-order valence-electron chi connectivity index (χ4n) is 2.90. The quantitative estimate of drug-likeness (QED) is 0.591. The molecule has 0 unspecified atom stereocenters. The lowest BCUT2D eigenvalue weighted by molar-refractivity contribution is 0.174. The second kappa shape index (κ2) is 4.86. The number of nitrogens with one attached hydrogen (secondary N) is 2. The Morgan fingerprint density at radius 2 is 1.92 bits per heavy atom. The zero-order chi connectivity index (χ0) is 16.1. The molecular weight excluding hydrogens is 304 g/mol. The summed E-state index contributed by atoms with van der Waals surface area (Å²) >= 11 is 0. The summed E-state index contributed by atoms with van der Waals surface area (Å²) in [4.78, 5) is 7.95. The van der Waals surface area contributed by atoms with Crippen molar-refractivity contribution in [2.75, 3.05) is 6.79 Å². The standard InChI is InChI=1S/C18H14N4O2/c1-10-2-4-12-14(6-10)20-18(19-12)15-8-13(21-22-15)11-3-5-16-17(7-11)24-9-23-16/h2-8H,9H2,1H3,(H,19,20)(H,21,22). The number of aromatic nitrogens is 4. The maximum absolute atomic E-state index is 5.42. The molecule has 2 N–H and O–H groups in total. The van der Waals surface area contributed by atoms with Crippen molar-refractivity contribution in [2.24, 2.45) is 0 Å². The molecule has 0 fully saturated rings. The van der Waals surface area contributed by atoms with E-state index in [1.807, 2.05) is 30.3 Å².